The number of piperidine rings is 1. The fourth-order valence-electron chi connectivity index (χ4n) is 2.55. The lowest BCUT2D eigenvalue weighted by molar-refractivity contribution is -0.385. The predicted molar refractivity (Wildman–Crippen MR) is 77.2 cm³/mol. The molecule has 2 rings (SSSR count). The van der Waals surface area contributed by atoms with E-state index in [1.165, 1.54) is 12.3 Å². The zero-order valence-electron chi connectivity index (χ0n) is 12.2. The molecule has 1 saturated heterocycles. The van der Waals surface area contributed by atoms with Gasteiger partial charge in [0.1, 0.15) is 11.9 Å². The third-order valence-corrected chi connectivity index (χ3v) is 3.61. The van der Waals surface area contributed by atoms with Crippen molar-refractivity contribution in [3.63, 3.8) is 0 Å². The summed E-state index contributed by atoms with van der Waals surface area (Å²) in [7, 11) is 0. The third-order valence-electron chi connectivity index (χ3n) is 3.61. The molecule has 0 saturated carbocycles. The van der Waals surface area contributed by atoms with Crippen LogP contribution >= 0.6 is 0 Å². The fourth-order valence-corrected chi connectivity index (χ4v) is 2.55. The molecule has 0 spiro atoms. The van der Waals surface area contributed by atoms with Crippen LogP contribution in [0.25, 0.3) is 0 Å². The largest absolute Gasteiger partial charge is 0.464 e. The number of nitrogens with zero attached hydrogens (tertiary/aromatic N) is 3. The van der Waals surface area contributed by atoms with Crippen molar-refractivity contribution >= 4 is 17.5 Å². The molecule has 114 valence electrons. The lowest BCUT2D eigenvalue weighted by Gasteiger charge is -2.34. The second kappa shape index (κ2) is 6.51. The molecule has 21 heavy (non-hydrogen) atoms. The van der Waals surface area contributed by atoms with Crippen molar-refractivity contribution in [2.45, 2.75) is 39.2 Å². The average Bonchev–Trinajstić information content (AvgIpc) is 2.47. The number of carbonyl (C=O) groups is 1. The van der Waals surface area contributed by atoms with Crippen LogP contribution in [0.2, 0.25) is 0 Å². The molecule has 2 heterocycles. The van der Waals surface area contributed by atoms with Gasteiger partial charge in [0.25, 0.3) is 5.69 Å². The van der Waals surface area contributed by atoms with E-state index in [9.17, 15) is 14.9 Å². The zero-order chi connectivity index (χ0) is 15.4. The minimum atomic E-state index is -0.427. The van der Waals surface area contributed by atoms with Crippen molar-refractivity contribution in [3.05, 3.63) is 27.9 Å². The first-order valence-electron chi connectivity index (χ1n) is 7.09. The van der Waals surface area contributed by atoms with Gasteiger partial charge < -0.3 is 9.64 Å². The number of aromatic nitrogens is 1. The Kier molecular flexibility index (Phi) is 4.72. The number of hydrogen-bond acceptors (Lipinski definition) is 6. The van der Waals surface area contributed by atoms with Crippen LogP contribution in [0.3, 0.4) is 0 Å². The molecule has 1 aliphatic rings. The minimum Gasteiger partial charge on any atom is -0.464 e. The van der Waals surface area contributed by atoms with Crippen LogP contribution in [0.1, 0.15) is 31.7 Å². The van der Waals surface area contributed by atoms with Crippen LogP contribution in [-0.2, 0) is 9.53 Å². The topological polar surface area (TPSA) is 85.6 Å². The SMILES string of the molecule is CCOC(=O)C1CCCCN1c1cc([N+](=O)[O-])c(C)cn1. The maximum absolute atomic E-state index is 12.0. The Morgan fingerprint density at radius 2 is 2.33 bits per heavy atom. The summed E-state index contributed by atoms with van der Waals surface area (Å²) < 4.78 is 5.09. The van der Waals surface area contributed by atoms with Gasteiger partial charge in [-0.2, -0.15) is 0 Å². The van der Waals surface area contributed by atoms with E-state index < -0.39 is 11.0 Å². The Hall–Kier alpha value is -2.18. The van der Waals surface area contributed by atoms with Crippen LogP contribution in [0.5, 0.6) is 0 Å². The summed E-state index contributed by atoms with van der Waals surface area (Å²) >= 11 is 0. The highest BCUT2D eigenvalue weighted by molar-refractivity contribution is 5.80. The van der Waals surface area contributed by atoms with Crippen LogP contribution in [0, 0.1) is 17.0 Å². The van der Waals surface area contributed by atoms with E-state index in [1.807, 2.05) is 4.90 Å². The molecule has 0 aliphatic carbocycles. The smallest absolute Gasteiger partial charge is 0.328 e. The first-order chi connectivity index (χ1) is 10.0. The van der Waals surface area contributed by atoms with Crippen molar-refractivity contribution in [2.24, 2.45) is 0 Å². The lowest BCUT2D eigenvalue weighted by Crippen LogP contribution is -2.46. The van der Waals surface area contributed by atoms with E-state index >= 15 is 0 Å². The molecule has 1 fully saturated rings. The molecule has 1 atom stereocenters. The van der Waals surface area contributed by atoms with Gasteiger partial charge in [0, 0.05) is 18.3 Å². The molecule has 1 aromatic heterocycles. The second-order valence-electron chi connectivity index (χ2n) is 5.04. The number of esters is 1. The third kappa shape index (κ3) is 3.29. The highest BCUT2D eigenvalue weighted by Crippen LogP contribution is 2.28. The van der Waals surface area contributed by atoms with Crippen molar-refractivity contribution < 1.29 is 14.5 Å². The Morgan fingerprint density at radius 1 is 1.57 bits per heavy atom. The Bertz CT molecular complexity index is 547. The average molecular weight is 293 g/mol. The molecule has 0 aromatic carbocycles. The molecular formula is C14H19N3O4. The molecule has 0 bridgehead atoms. The quantitative estimate of drug-likeness (QED) is 0.480. The molecule has 1 unspecified atom stereocenters. The van der Waals surface area contributed by atoms with Gasteiger partial charge in [-0.3, -0.25) is 10.1 Å². The van der Waals surface area contributed by atoms with Crippen molar-refractivity contribution in [1.29, 1.82) is 0 Å². The summed E-state index contributed by atoms with van der Waals surface area (Å²) in [5, 5.41) is 11.0. The van der Waals surface area contributed by atoms with Gasteiger partial charge in [-0.15, -0.1) is 0 Å². The first-order valence-corrected chi connectivity index (χ1v) is 7.09. The number of anilines is 1. The van der Waals surface area contributed by atoms with Crippen LogP contribution in [0.15, 0.2) is 12.3 Å². The molecule has 1 aromatic rings. The van der Waals surface area contributed by atoms with Crippen molar-refractivity contribution in [2.75, 3.05) is 18.1 Å². The number of aryl methyl sites for hydroxylation is 1. The molecule has 0 amide bonds. The minimum absolute atomic E-state index is 0.0215. The van der Waals surface area contributed by atoms with Gasteiger partial charge in [0.15, 0.2) is 0 Å². The molecule has 0 radical (unpaired) electrons. The Balaban J connectivity index is 2.31. The molecule has 7 nitrogen and oxygen atoms in total. The van der Waals surface area contributed by atoms with Gasteiger partial charge in [0.2, 0.25) is 0 Å². The normalized spacial score (nSPS) is 18.4. The van der Waals surface area contributed by atoms with Gasteiger partial charge in [-0.1, -0.05) is 0 Å². The van der Waals surface area contributed by atoms with Gasteiger partial charge in [0.05, 0.1) is 17.6 Å². The van der Waals surface area contributed by atoms with E-state index in [1.54, 1.807) is 13.8 Å². The van der Waals surface area contributed by atoms with Crippen molar-refractivity contribution in [3.8, 4) is 0 Å². The Labute approximate surface area is 123 Å². The lowest BCUT2D eigenvalue weighted by atomic mass is 10.0. The summed E-state index contributed by atoms with van der Waals surface area (Å²) in [6.07, 6.45) is 4.03. The summed E-state index contributed by atoms with van der Waals surface area (Å²) in [6, 6.07) is 1.03. The number of pyridine rings is 1. The number of carbonyl (C=O) groups excluding carboxylic acids is 1. The van der Waals surface area contributed by atoms with Crippen LogP contribution < -0.4 is 4.90 Å². The van der Waals surface area contributed by atoms with E-state index in [0.717, 1.165) is 12.8 Å². The van der Waals surface area contributed by atoms with E-state index in [4.69, 9.17) is 4.74 Å². The number of hydrogen-bond donors (Lipinski definition) is 0. The summed E-state index contributed by atoms with van der Waals surface area (Å²) in [5.74, 6) is 0.173. The maximum atomic E-state index is 12.0. The van der Waals surface area contributed by atoms with Gasteiger partial charge in [-0.25, -0.2) is 9.78 Å². The highest BCUT2D eigenvalue weighted by atomic mass is 16.6. The summed E-state index contributed by atoms with van der Waals surface area (Å²) in [5.41, 5.74) is 0.529. The summed E-state index contributed by atoms with van der Waals surface area (Å²) in [4.78, 5) is 28.7. The van der Waals surface area contributed by atoms with Crippen LogP contribution in [0.4, 0.5) is 11.5 Å². The molecule has 0 N–H and O–H groups in total. The maximum Gasteiger partial charge on any atom is 0.328 e. The standard InChI is InChI=1S/C14H19N3O4/c1-3-21-14(18)11-6-4-5-7-16(11)13-8-12(17(19)20)10(2)9-15-13/h8-9,11H,3-7H2,1-2H3. The molecule has 1 aliphatic heterocycles. The van der Waals surface area contributed by atoms with Crippen LogP contribution in [-0.4, -0.2) is 35.1 Å². The monoisotopic (exact) mass is 293 g/mol. The molecular weight excluding hydrogens is 274 g/mol. The van der Waals surface area contributed by atoms with E-state index in [0.29, 0.717) is 31.0 Å². The predicted octanol–water partition coefficient (Wildman–Crippen LogP) is 2.22. The number of nitro groups is 1. The van der Waals surface area contributed by atoms with Gasteiger partial charge >= 0.3 is 5.97 Å². The highest BCUT2D eigenvalue weighted by Gasteiger charge is 2.31. The van der Waals surface area contributed by atoms with Crippen molar-refractivity contribution in [1.82, 2.24) is 4.98 Å². The Morgan fingerprint density at radius 3 is 3.00 bits per heavy atom. The van der Waals surface area contributed by atoms with E-state index in [2.05, 4.69) is 4.98 Å². The zero-order valence-corrected chi connectivity index (χ0v) is 12.2. The fraction of sp³-hybridized carbons (Fsp3) is 0.571. The number of rotatable bonds is 4. The summed E-state index contributed by atoms with van der Waals surface area (Å²) in [6.45, 7) is 4.38. The van der Waals surface area contributed by atoms with Gasteiger partial charge in [-0.05, 0) is 33.1 Å². The van der Waals surface area contributed by atoms with E-state index in [-0.39, 0.29) is 11.7 Å². The second-order valence-corrected chi connectivity index (χ2v) is 5.04. The first kappa shape index (κ1) is 15.2. The molecule has 7 heteroatoms. The number of ether oxygens (including phenoxy) is 1.